The lowest BCUT2D eigenvalue weighted by Gasteiger charge is -2.06. The summed E-state index contributed by atoms with van der Waals surface area (Å²) in [6.45, 7) is 0. The van der Waals surface area contributed by atoms with Gasteiger partial charge in [-0.05, 0) is 29.5 Å². The Morgan fingerprint density at radius 1 is 1.04 bits per heavy atom. The Balaban J connectivity index is 1.61. The first-order chi connectivity index (χ1) is 12.2. The van der Waals surface area contributed by atoms with Crippen LogP contribution in [0.3, 0.4) is 0 Å². The first-order valence-electron chi connectivity index (χ1n) is 7.70. The molecule has 3 rings (SSSR count). The molecule has 0 aliphatic carbocycles. The van der Waals surface area contributed by atoms with E-state index in [4.69, 9.17) is 4.74 Å². The van der Waals surface area contributed by atoms with E-state index in [1.54, 1.807) is 24.3 Å². The van der Waals surface area contributed by atoms with E-state index in [0.717, 1.165) is 5.56 Å². The largest absolute Gasteiger partial charge is 0.451 e. The normalized spacial score (nSPS) is 10.4. The van der Waals surface area contributed by atoms with Gasteiger partial charge >= 0.3 is 5.97 Å². The molecule has 126 valence electrons. The van der Waals surface area contributed by atoms with Crippen LogP contribution in [-0.4, -0.2) is 21.9 Å². The number of ether oxygens (including phenoxy) is 1. The van der Waals surface area contributed by atoms with Crippen LogP contribution >= 0.6 is 11.8 Å². The first kappa shape index (κ1) is 17.0. The fraction of sp³-hybridized carbons (Fsp3) is 0.105. The molecule has 0 saturated heterocycles. The molecule has 5 nitrogen and oxygen atoms in total. The van der Waals surface area contributed by atoms with Crippen molar-refractivity contribution in [2.24, 2.45) is 0 Å². The van der Waals surface area contributed by atoms with Gasteiger partial charge in [-0.1, -0.05) is 48.5 Å². The molecular formula is C19H16N2O3S. The number of rotatable bonds is 6. The Kier molecular flexibility index (Phi) is 5.64. The Morgan fingerprint density at radius 3 is 2.44 bits per heavy atom. The van der Waals surface area contributed by atoms with E-state index in [0.29, 0.717) is 22.8 Å². The molecule has 0 aliphatic rings. The number of nitrogens with one attached hydrogen (secondary N) is 1. The molecular weight excluding hydrogens is 336 g/mol. The van der Waals surface area contributed by atoms with Crippen molar-refractivity contribution in [1.29, 1.82) is 0 Å². The number of aromatic nitrogens is 2. The number of aromatic amines is 1. The maximum atomic E-state index is 11.9. The summed E-state index contributed by atoms with van der Waals surface area (Å²) in [5.74, 6) is -0.332. The molecule has 0 bridgehead atoms. The molecule has 0 radical (unpaired) electrons. The molecule has 0 unspecified atom stereocenters. The van der Waals surface area contributed by atoms with Gasteiger partial charge in [0.25, 0.3) is 5.56 Å². The van der Waals surface area contributed by atoms with Crippen LogP contribution in [0.4, 0.5) is 0 Å². The van der Waals surface area contributed by atoms with Crippen molar-refractivity contribution in [3.63, 3.8) is 0 Å². The molecule has 3 aromatic rings. The highest BCUT2D eigenvalue weighted by atomic mass is 32.2. The average Bonchev–Trinajstić information content (AvgIpc) is 2.63. The maximum Gasteiger partial charge on any atom is 0.338 e. The zero-order valence-corrected chi connectivity index (χ0v) is 14.2. The van der Waals surface area contributed by atoms with Crippen molar-refractivity contribution < 1.29 is 9.53 Å². The topological polar surface area (TPSA) is 72.0 Å². The minimum Gasteiger partial charge on any atom is -0.451 e. The van der Waals surface area contributed by atoms with E-state index in [2.05, 4.69) is 9.97 Å². The molecule has 0 spiro atoms. The third kappa shape index (κ3) is 5.06. The molecule has 1 aromatic heterocycles. The van der Waals surface area contributed by atoms with Gasteiger partial charge in [-0.2, -0.15) is 0 Å². The van der Waals surface area contributed by atoms with Crippen LogP contribution in [-0.2, 0) is 11.2 Å². The zero-order valence-electron chi connectivity index (χ0n) is 13.3. The van der Waals surface area contributed by atoms with Gasteiger partial charge in [0.1, 0.15) is 5.94 Å². The maximum absolute atomic E-state index is 11.9. The van der Waals surface area contributed by atoms with Gasteiger partial charge in [-0.15, -0.1) is 0 Å². The van der Waals surface area contributed by atoms with Crippen molar-refractivity contribution in [3.8, 4) is 0 Å². The minimum absolute atomic E-state index is 0.0749. The third-order valence-electron chi connectivity index (χ3n) is 3.40. The Hall–Kier alpha value is -2.86. The van der Waals surface area contributed by atoms with Crippen LogP contribution in [0.2, 0.25) is 0 Å². The molecule has 0 fully saturated rings. The number of carbonyl (C=O) groups excluding carboxylic acids is 1. The molecule has 1 N–H and O–H groups in total. The molecule has 1 heterocycles. The van der Waals surface area contributed by atoms with Gasteiger partial charge in [-0.3, -0.25) is 4.79 Å². The van der Waals surface area contributed by atoms with Gasteiger partial charge in [-0.25, -0.2) is 9.78 Å². The number of esters is 1. The van der Waals surface area contributed by atoms with Crippen molar-refractivity contribution in [3.05, 3.63) is 93.9 Å². The van der Waals surface area contributed by atoms with E-state index in [1.165, 1.54) is 17.8 Å². The van der Waals surface area contributed by atoms with E-state index >= 15 is 0 Å². The van der Waals surface area contributed by atoms with Crippen molar-refractivity contribution in [2.75, 3.05) is 5.94 Å². The second-order valence-electron chi connectivity index (χ2n) is 5.26. The number of benzene rings is 2. The minimum atomic E-state index is -0.407. The second kappa shape index (κ2) is 8.30. The van der Waals surface area contributed by atoms with Gasteiger partial charge in [0.05, 0.1) is 11.3 Å². The van der Waals surface area contributed by atoms with Crippen molar-refractivity contribution in [1.82, 2.24) is 9.97 Å². The number of nitrogens with zero attached hydrogens (tertiary/aromatic N) is 1. The number of carbonyl (C=O) groups is 1. The summed E-state index contributed by atoms with van der Waals surface area (Å²) in [5, 5.41) is 0.430. The summed E-state index contributed by atoms with van der Waals surface area (Å²) in [6, 6.07) is 20.0. The molecule has 0 saturated carbocycles. The lowest BCUT2D eigenvalue weighted by molar-refractivity contribution is 0.0579. The smallest absolute Gasteiger partial charge is 0.338 e. The van der Waals surface area contributed by atoms with Gasteiger partial charge in [0.2, 0.25) is 0 Å². The van der Waals surface area contributed by atoms with Crippen LogP contribution in [0.25, 0.3) is 0 Å². The predicted molar refractivity (Wildman–Crippen MR) is 96.7 cm³/mol. The highest BCUT2D eigenvalue weighted by Crippen LogP contribution is 2.14. The number of hydrogen-bond acceptors (Lipinski definition) is 5. The van der Waals surface area contributed by atoms with Crippen molar-refractivity contribution in [2.45, 2.75) is 11.6 Å². The highest BCUT2D eigenvalue weighted by molar-refractivity contribution is 7.99. The Labute approximate surface area is 149 Å². The van der Waals surface area contributed by atoms with Crippen LogP contribution in [0.1, 0.15) is 21.6 Å². The molecule has 25 heavy (non-hydrogen) atoms. The fourth-order valence-corrected chi connectivity index (χ4v) is 2.88. The van der Waals surface area contributed by atoms with Crippen LogP contribution in [0.15, 0.2) is 76.7 Å². The fourth-order valence-electron chi connectivity index (χ4n) is 2.24. The highest BCUT2D eigenvalue weighted by Gasteiger charge is 2.08. The second-order valence-corrected chi connectivity index (χ2v) is 6.18. The van der Waals surface area contributed by atoms with Gasteiger partial charge < -0.3 is 9.72 Å². The van der Waals surface area contributed by atoms with Gasteiger partial charge in [0.15, 0.2) is 5.16 Å². The summed E-state index contributed by atoms with van der Waals surface area (Å²) in [5.41, 5.74) is 2.01. The number of H-pyrrole nitrogens is 1. The summed E-state index contributed by atoms with van der Waals surface area (Å²) in [7, 11) is 0. The molecule has 0 amide bonds. The standard InChI is InChI=1S/C19H16N2O3S/c22-17-12-16(11-14-7-3-1-4-8-14)20-19(21-17)25-13-24-18(23)15-9-5-2-6-10-15/h1-10,12H,11,13H2,(H,20,21,22). The predicted octanol–water partition coefficient (Wildman–Crippen LogP) is 3.27. The zero-order chi connectivity index (χ0) is 17.5. The van der Waals surface area contributed by atoms with Crippen LogP contribution < -0.4 is 5.56 Å². The summed E-state index contributed by atoms with van der Waals surface area (Å²) in [6.07, 6.45) is 0.572. The molecule has 0 atom stereocenters. The SMILES string of the molecule is O=C(OCSc1nc(Cc2ccccc2)cc(=O)[nH]1)c1ccccc1. The van der Waals surface area contributed by atoms with E-state index in [-0.39, 0.29) is 11.5 Å². The molecule has 0 aliphatic heterocycles. The van der Waals surface area contributed by atoms with Gasteiger partial charge in [0, 0.05) is 12.5 Å². The monoisotopic (exact) mass is 352 g/mol. The third-order valence-corrected chi connectivity index (χ3v) is 4.10. The quantitative estimate of drug-likeness (QED) is 0.319. The lowest BCUT2D eigenvalue weighted by Crippen LogP contribution is -2.11. The van der Waals surface area contributed by atoms with Crippen LogP contribution in [0, 0.1) is 0 Å². The molecule has 6 heteroatoms. The van der Waals surface area contributed by atoms with E-state index < -0.39 is 5.97 Å². The Bertz CT molecular complexity index is 895. The summed E-state index contributed by atoms with van der Waals surface area (Å²) >= 11 is 1.17. The van der Waals surface area contributed by atoms with E-state index in [1.807, 2.05) is 36.4 Å². The first-order valence-corrected chi connectivity index (χ1v) is 8.68. The van der Waals surface area contributed by atoms with Crippen molar-refractivity contribution >= 4 is 17.7 Å². The Morgan fingerprint density at radius 2 is 1.72 bits per heavy atom. The number of thioether (sulfide) groups is 1. The number of hydrogen-bond donors (Lipinski definition) is 1. The van der Waals surface area contributed by atoms with E-state index in [9.17, 15) is 9.59 Å². The summed E-state index contributed by atoms with van der Waals surface area (Å²) < 4.78 is 5.19. The molecule has 2 aromatic carbocycles. The average molecular weight is 352 g/mol. The van der Waals surface area contributed by atoms with Crippen LogP contribution in [0.5, 0.6) is 0 Å². The lowest BCUT2D eigenvalue weighted by atomic mass is 10.1. The summed E-state index contributed by atoms with van der Waals surface area (Å²) in [4.78, 5) is 30.8.